The summed E-state index contributed by atoms with van der Waals surface area (Å²) in [5, 5.41) is 0.566. The third kappa shape index (κ3) is 3.71. The van der Waals surface area contributed by atoms with E-state index in [1.807, 2.05) is 0 Å². The van der Waals surface area contributed by atoms with Gasteiger partial charge in [0.2, 0.25) is 5.91 Å². The molecule has 1 aliphatic rings. The number of amides is 2. The van der Waals surface area contributed by atoms with Crippen LogP contribution in [0.2, 0.25) is 5.02 Å². The van der Waals surface area contributed by atoms with Gasteiger partial charge >= 0.3 is 0 Å². The average molecular weight is 415 g/mol. The lowest BCUT2D eigenvalue weighted by Crippen LogP contribution is -2.42. The third-order valence-electron chi connectivity index (χ3n) is 4.79. The van der Waals surface area contributed by atoms with E-state index in [0.717, 1.165) is 12.8 Å². The van der Waals surface area contributed by atoms with Crippen LogP contribution in [0.15, 0.2) is 41.2 Å². The Bertz CT molecular complexity index is 1190. The van der Waals surface area contributed by atoms with Crippen molar-refractivity contribution in [3.8, 4) is 0 Å². The van der Waals surface area contributed by atoms with Crippen LogP contribution in [-0.2, 0) is 24.2 Å². The highest BCUT2D eigenvalue weighted by Crippen LogP contribution is 2.19. The monoisotopic (exact) mass is 414 g/mol. The van der Waals surface area contributed by atoms with Crippen LogP contribution >= 0.6 is 11.6 Å². The van der Waals surface area contributed by atoms with Crippen molar-refractivity contribution < 1.29 is 14.0 Å². The summed E-state index contributed by atoms with van der Waals surface area (Å²) in [6.07, 6.45) is 1.26. The molecule has 0 aliphatic carbocycles. The second-order valence-electron chi connectivity index (χ2n) is 6.70. The molecule has 148 valence electrons. The minimum Gasteiger partial charge on any atom is -0.296 e. The number of hydrogen-bond donors (Lipinski definition) is 2. The van der Waals surface area contributed by atoms with Crippen LogP contribution in [0.1, 0.15) is 28.2 Å². The Morgan fingerprint density at radius 2 is 2.03 bits per heavy atom. The first kappa shape index (κ1) is 19.1. The Hall–Kier alpha value is -3.26. The maximum Gasteiger partial charge on any atom is 0.269 e. The Balaban J connectivity index is 1.47. The lowest BCUT2D eigenvalue weighted by atomic mass is 10.1. The second-order valence-corrected chi connectivity index (χ2v) is 7.11. The van der Waals surface area contributed by atoms with E-state index in [1.165, 1.54) is 30.3 Å². The number of halogens is 2. The maximum atomic E-state index is 13.8. The van der Waals surface area contributed by atoms with Gasteiger partial charge in [-0.2, -0.15) is 0 Å². The van der Waals surface area contributed by atoms with Crippen LogP contribution in [0.5, 0.6) is 0 Å². The van der Waals surface area contributed by atoms with Crippen molar-refractivity contribution in [2.24, 2.45) is 0 Å². The first-order valence-electron chi connectivity index (χ1n) is 8.99. The predicted molar refractivity (Wildman–Crippen MR) is 105 cm³/mol. The van der Waals surface area contributed by atoms with Crippen molar-refractivity contribution in [1.82, 2.24) is 20.4 Å². The fourth-order valence-electron chi connectivity index (χ4n) is 3.33. The first-order chi connectivity index (χ1) is 13.9. The molecule has 0 radical (unpaired) electrons. The summed E-state index contributed by atoms with van der Waals surface area (Å²) in [5.41, 5.74) is 5.10. The van der Waals surface area contributed by atoms with Gasteiger partial charge in [-0.25, -0.2) is 9.37 Å². The van der Waals surface area contributed by atoms with Gasteiger partial charge in [-0.05, 0) is 36.8 Å². The summed E-state index contributed by atoms with van der Waals surface area (Å²) < 4.78 is 15.4. The van der Waals surface area contributed by atoms with Crippen molar-refractivity contribution >= 4 is 34.3 Å². The zero-order valence-corrected chi connectivity index (χ0v) is 15.9. The SMILES string of the molecule is O=C(Cc1c(F)cccc1Cl)NNC(=O)c1ccc2c(=O)n3c(nc2c1)CCC3. The molecule has 0 saturated carbocycles. The molecule has 7 nitrogen and oxygen atoms in total. The van der Waals surface area contributed by atoms with E-state index in [9.17, 15) is 18.8 Å². The summed E-state index contributed by atoms with van der Waals surface area (Å²) in [5.74, 6) is -1.10. The first-order valence-corrected chi connectivity index (χ1v) is 9.37. The van der Waals surface area contributed by atoms with Crippen LogP contribution in [0.25, 0.3) is 10.9 Å². The quantitative estimate of drug-likeness (QED) is 0.642. The number of hydrogen-bond acceptors (Lipinski definition) is 4. The molecule has 0 fully saturated rings. The van der Waals surface area contributed by atoms with Gasteiger partial charge in [0, 0.05) is 29.1 Å². The summed E-state index contributed by atoms with van der Waals surface area (Å²) in [4.78, 5) is 41.3. The largest absolute Gasteiger partial charge is 0.296 e. The molecule has 2 amide bonds. The van der Waals surface area contributed by atoms with Crippen molar-refractivity contribution in [3.05, 3.63) is 74.5 Å². The maximum absolute atomic E-state index is 13.8. The number of nitrogens with zero attached hydrogens (tertiary/aromatic N) is 2. The molecule has 0 spiro atoms. The molecule has 4 rings (SSSR count). The van der Waals surface area contributed by atoms with Gasteiger partial charge in [-0.1, -0.05) is 17.7 Å². The van der Waals surface area contributed by atoms with Crippen LogP contribution < -0.4 is 16.4 Å². The second kappa shape index (κ2) is 7.63. The molecule has 29 heavy (non-hydrogen) atoms. The van der Waals surface area contributed by atoms with Crippen LogP contribution in [0, 0.1) is 5.82 Å². The molecule has 0 bridgehead atoms. The van der Waals surface area contributed by atoms with E-state index in [1.54, 1.807) is 10.6 Å². The molecule has 0 saturated heterocycles. The molecule has 2 N–H and O–H groups in total. The summed E-state index contributed by atoms with van der Waals surface area (Å²) in [7, 11) is 0. The van der Waals surface area contributed by atoms with Gasteiger partial charge < -0.3 is 0 Å². The van der Waals surface area contributed by atoms with E-state index < -0.39 is 17.6 Å². The number of carbonyl (C=O) groups excluding carboxylic acids is 2. The summed E-state index contributed by atoms with van der Waals surface area (Å²) >= 11 is 5.90. The highest BCUT2D eigenvalue weighted by atomic mass is 35.5. The highest BCUT2D eigenvalue weighted by Gasteiger charge is 2.18. The van der Waals surface area contributed by atoms with Gasteiger partial charge in [0.05, 0.1) is 17.3 Å². The van der Waals surface area contributed by atoms with Crippen molar-refractivity contribution in [1.29, 1.82) is 0 Å². The highest BCUT2D eigenvalue weighted by molar-refractivity contribution is 6.31. The number of fused-ring (bicyclic) bond motifs is 2. The fourth-order valence-corrected chi connectivity index (χ4v) is 3.56. The molecule has 1 aliphatic heterocycles. The molecule has 0 atom stereocenters. The minimum absolute atomic E-state index is 0.0464. The van der Waals surface area contributed by atoms with Crippen LogP contribution in [-0.4, -0.2) is 21.4 Å². The van der Waals surface area contributed by atoms with Gasteiger partial charge in [-0.3, -0.25) is 29.8 Å². The Kier molecular flexibility index (Phi) is 5.02. The van der Waals surface area contributed by atoms with Gasteiger partial charge in [0.15, 0.2) is 0 Å². The van der Waals surface area contributed by atoms with Gasteiger partial charge in [0.25, 0.3) is 11.5 Å². The van der Waals surface area contributed by atoms with E-state index in [-0.39, 0.29) is 28.1 Å². The number of aryl methyl sites for hydroxylation is 1. The molecule has 0 unspecified atom stereocenters. The van der Waals surface area contributed by atoms with Crippen LogP contribution in [0.3, 0.4) is 0 Å². The van der Waals surface area contributed by atoms with Crippen LogP contribution in [0.4, 0.5) is 4.39 Å². The lowest BCUT2D eigenvalue weighted by molar-refractivity contribution is -0.121. The number of rotatable bonds is 3. The van der Waals surface area contributed by atoms with E-state index in [0.29, 0.717) is 23.3 Å². The topological polar surface area (TPSA) is 93.1 Å². The number of benzene rings is 2. The number of carbonyl (C=O) groups is 2. The molecule has 9 heteroatoms. The van der Waals surface area contributed by atoms with E-state index >= 15 is 0 Å². The van der Waals surface area contributed by atoms with Gasteiger partial charge in [0.1, 0.15) is 11.6 Å². The summed E-state index contributed by atoms with van der Waals surface area (Å²) in [6, 6.07) is 8.66. The Morgan fingerprint density at radius 3 is 2.83 bits per heavy atom. The Labute approximate surface area is 169 Å². The molecule has 3 aromatic rings. The van der Waals surface area contributed by atoms with Crippen molar-refractivity contribution in [3.63, 3.8) is 0 Å². The normalized spacial score (nSPS) is 12.6. The van der Waals surface area contributed by atoms with E-state index in [4.69, 9.17) is 11.6 Å². The fraction of sp³-hybridized carbons (Fsp3) is 0.200. The summed E-state index contributed by atoms with van der Waals surface area (Å²) in [6.45, 7) is 0.650. The smallest absolute Gasteiger partial charge is 0.269 e. The van der Waals surface area contributed by atoms with Crippen molar-refractivity contribution in [2.75, 3.05) is 0 Å². The third-order valence-corrected chi connectivity index (χ3v) is 5.15. The number of aromatic nitrogens is 2. The van der Waals surface area contributed by atoms with Crippen molar-refractivity contribution in [2.45, 2.75) is 25.8 Å². The number of nitrogens with one attached hydrogen (secondary N) is 2. The van der Waals surface area contributed by atoms with Gasteiger partial charge in [-0.15, -0.1) is 0 Å². The molecule has 2 aromatic carbocycles. The molecule has 2 heterocycles. The zero-order valence-electron chi connectivity index (χ0n) is 15.2. The average Bonchev–Trinajstić information content (AvgIpc) is 3.17. The Morgan fingerprint density at radius 1 is 1.21 bits per heavy atom. The standard InChI is InChI=1S/C20H16ClFN4O3/c21-14-3-1-4-15(22)13(14)10-18(27)24-25-19(28)11-6-7-12-16(9-11)23-17-5-2-8-26(17)20(12)29/h1,3-4,6-7,9H,2,5,8,10H2,(H,24,27)(H,25,28). The lowest BCUT2D eigenvalue weighted by Gasteiger charge is -2.10. The molecule has 1 aromatic heterocycles. The van der Waals surface area contributed by atoms with E-state index in [2.05, 4.69) is 15.8 Å². The molecular formula is C20H16ClFN4O3. The number of hydrazine groups is 1. The molecular weight excluding hydrogens is 399 g/mol. The predicted octanol–water partition coefficient (Wildman–Crippen LogP) is 2.14. The zero-order chi connectivity index (χ0) is 20.5. The minimum atomic E-state index is -0.625.